The van der Waals surface area contributed by atoms with E-state index >= 15 is 0 Å². The Labute approximate surface area is 175 Å². The van der Waals surface area contributed by atoms with Gasteiger partial charge in [0.15, 0.2) is 5.76 Å². The fraction of sp³-hybridized carbons (Fsp3) is 0. The van der Waals surface area contributed by atoms with Gasteiger partial charge in [0.05, 0.1) is 6.26 Å². The van der Waals surface area contributed by atoms with Gasteiger partial charge in [-0.1, -0.05) is 41.5 Å². The molecule has 0 aliphatic rings. The van der Waals surface area contributed by atoms with Crippen molar-refractivity contribution in [2.24, 2.45) is 0 Å². The highest BCUT2D eigenvalue weighted by Crippen LogP contribution is 2.27. The molecule has 0 unspecified atom stereocenters. The molecule has 0 radical (unpaired) electrons. The van der Waals surface area contributed by atoms with Gasteiger partial charge in [0.1, 0.15) is 0 Å². The molecule has 146 valence electrons. The normalized spacial score (nSPS) is 10.8. The third-order valence-electron chi connectivity index (χ3n) is 4.57. The second-order valence-electron chi connectivity index (χ2n) is 6.51. The van der Waals surface area contributed by atoms with Crippen molar-refractivity contribution >= 4 is 23.3 Å². The average molecular weight is 413 g/mol. The van der Waals surface area contributed by atoms with Crippen molar-refractivity contribution in [2.45, 2.75) is 0 Å². The summed E-state index contributed by atoms with van der Waals surface area (Å²) >= 11 is 1.67. The van der Waals surface area contributed by atoms with Gasteiger partial charge >= 0.3 is 6.01 Å². The summed E-state index contributed by atoms with van der Waals surface area (Å²) in [6.07, 6.45) is 1.51. The first kappa shape index (κ1) is 18.1. The maximum Gasteiger partial charge on any atom is 0.322 e. The lowest BCUT2D eigenvalue weighted by molar-refractivity contribution is 0.102. The summed E-state index contributed by atoms with van der Waals surface area (Å²) in [6, 6.07) is 21.2. The van der Waals surface area contributed by atoms with Crippen molar-refractivity contribution in [3.05, 3.63) is 89.3 Å². The molecular formula is C23H15N3O3S. The van der Waals surface area contributed by atoms with E-state index in [1.807, 2.05) is 18.2 Å². The minimum atomic E-state index is -0.332. The summed E-state index contributed by atoms with van der Waals surface area (Å²) in [5.74, 6) is 0.312. The van der Waals surface area contributed by atoms with Crippen LogP contribution in [0.25, 0.3) is 33.9 Å². The van der Waals surface area contributed by atoms with Crippen LogP contribution in [-0.2, 0) is 0 Å². The van der Waals surface area contributed by atoms with E-state index in [-0.39, 0.29) is 17.8 Å². The van der Waals surface area contributed by atoms with Gasteiger partial charge in [-0.25, -0.2) is 0 Å². The summed E-state index contributed by atoms with van der Waals surface area (Å²) < 4.78 is 10.6. The van der Waals surface area contributed by atoms with E-state index in [1.54, 1.807) is 29.5 Å². The molecule has 0 fully saturated rings. The number of anilines is 1. The molecule has 3 aromatic heterocycles. The summed E-state index contributed by atoms with van der Waals surface area (Å²) in [5, 5.41) is 14.5. The van der Waals surface area contributed by atoms with E-state index in [2.05, 4.69) is 56.6 Å². The van der Waals surface area contributed by atoms with Crippen LogP contribution >= 0.6 is 11.3 Å². The van der Waals surface area contributed by atoms with Crippen LogP contribution in [0.5, 0.6) is 0 Å². The first-order valence-corrected chi connectivity index (χ1v) is 10.1. The van der Waals surface area contributed by atoms with Crippen LogP contribution in [0.2, 0.25) is 0 Å². The molecule has 6 nitrogen and oxygen atoms in total. The fourth-order valence-electron chi connectivity index (χ4n) is 3.07. The highest BCUT2D eigenvalue weighted by molar-refractivity contribution is 7.08. The minimum Gasteiger partial charge on any atom is -0.459 e. The SMILES string of the molecule is O=C(Nc1nnc(-c2ccco2)o1)c1cccc(-c2ccc(-c3ccsc3)cc2)c1. The number of thiophene rings is 1. The smallest absolute Gasteiger partial charge is 0.322 e. The van der Waals surface area contributed by atoms with E-state index in [4.69, 9.17) is 8.83 Å². The van der Waals surface area contributed by atoms with Gasteiger partial charge < -0.3 is 8.83 Å². The Balaban J connectivity index is 1.34. The quantitative estimate of drug-likeness (QED) is 0.383. The van der Waals surface area contributed by atoms with Gasteiger partial charge in [-0.15, -0.1) is 5.10 Å². The van der Waals surface area contributed by atoms with Crippen molar-refractivity contribution in [1.29, 1.82) is 0 Å². The van der Waals surface area contributed by atoms with Crippen molar-refractivity contribution in [3.63, 3.8) is 0 Å². The monoisotopic (exact) mass is 413 g/mol. The Morgan fingerprint density at radius 3 is 2.43 bits per heavy atom. The third kappa shape index (κ3) is 3.66. The number of carbonyl (C=O) groups is 1. The van der Waals surface area contributed by atoms with Gasteiger partial charge in [-0.05, 0) is 63.3 Å². The van der Waals surface area contributed by atoms with E-state index in [1.165, 1.54) is 11.8 Å². The summed E-state index contributed by atoms with van der Waals surface area (Å²) in [5.41, 5.74) is 4.83. The lowest BCUT2D eigenvalue weighted by atomic mass is 10.00. The Morgan fingerprint density at radius 1 is 0.867 bits per heavy atom. The number of hydrogen-bond donors (Lipinski definition) is 1. The molecule has 0 saturated heterocycles. The maximum atomic E-state index is 12.6. The molecule has 0 bridgehead atoms. The molecule has 1 N–H and O–H groups in total. The molecule has 7 heteroatoms. The maximum absolute atomic E-state index is 12.6. The topological polar surface area (TPSA) is 81.2 Å². The standard InChI is InChI=1S/C23H15N3O3S/c27-21(24-23-26-25-22(29-23)20-5-2-11-28-20)18-4-1-3-17(13-18)15-6-8-16(9-7-15)19-10-12-30-14-19/h1-14H,(H,24,26,27). The number of furan rings is 1. The number of hydrogen-bond acceptors (Lipinski definition) is 6. The predicted molar refractivity (Wildman–Crippen MR) is 115 cm³/mol. The van der Waals surface area contributed by atoms with Gasteiger partial charge in [0.25, 0.3) is 11.8 Å². The van der Waals surface area contributed by atoms with Gasteiger partial charge in [-0.3, -0.25) is 10.1 Å². The molecule has 0 aliphatic carbocycles. The largest absolute Gasteiger partial charge is 0.459 e. The lowest BCUT2D eigenvalue weighted by Crippen LogP contribution is -2.12. The fourth-order valence-corrected chi connectivity index (χ4v) is 3.73. The van der Waals surface area contributed by atoms with E-state index in [9.17, 15) is 4.79 Å². The van der Waals surface area contributed by atoms with Crippen LogP contribution in [0, 0.1) is 0 Å². The van der Waals surface area contributed by atoms with Crippen LogP contribution in [0.15, 0.2) is 92.6 Å². The first-order valence-electron chi connectivity index (χ1n) is 9.18. The second kappa shape index (κ2) is 7.81. The van der Waals surface area contributed by atoms with Crippen molar-refractivity contribution < 1.29 is 13.6 Å². The molecule has 1 amide bonds. The van der Waals surface area contributed by atoms with Crippen LogP contribution in [-0.4, -0.2) is 16.1 Å². The second-order valence-corrected chi connectivity index (χ2v) is 7.29. The van der Waals surface area contributed by atoms with Crippen molar-refractivity contribution in [1.82, 2.24) is 10.2 Å². The molecule has 2 aromatic carbocycles. The molecule has 3 heterocycles. The molecule has 0 spiro atoms. The van der Waals surface area contributed by atoms with Crippen LogP contribution < -0.4 is 5.32 Å². The number of amides is 1. The van der Waals surface area contributed by atoms with Gasteiger partial charge in [-0.2, -0.15) is 11.3 Å². The Hall–Kier alpha value is -3.97. The summed E-state index contributed by atoms with van der Waals surface area (Å²) in [6.45, 7) is 0. The van der Waals surface area contributed by atoms with Crippen LogP contribution in [0.1, 0.15) is 10.4 Å². The van der Waals surface area contributed by atoms with E-state index < -0.39 is 0 Å². The van der Waals surface area contributed by atoms with Gasteiger partial charge in [0.2, 0.25) is 0 Å². The zero-order valence-electron chi connectivity index (χ0n) is 15.6. The Kier molecular flexibility index (Phi) is 4.71. The molecule has 30 heavy (non-hydrogen) atoms. The zero-order chi connectivity index (χ0) is 20.3. The van der Waals surface area contributed by atoms with Crippen LogP contribution in [0.3, 0.4) is 0 Å². The summed E-state index contributed by atoms with van der Waals surface area (Å²) in [7, 11) is 0. The average Bonchev–Trinajstić information content (AvgIpc) is 3.56. The number of carbonyl (C=O) groups excluding carboxylic acids is 1. The molecule has 0 atom stereocenters. The third-order valence-corrected chi connectivity index (χ3v) is 5.26. The molecular weight excluding hydrogens is 398 g/mol. The number of aromatic nitrogens is 2. The highest BCUT2D eigenvalue weighted by atomic mass is 32.1. The minimum absolute atomic E-state index is 0.0110. The first-order chi connectivity index (χ1) is 14.8. The van der Waals surface area contributed by atoms with Crippen molar-refractivity contribution in [3.8, 4) is 33.9 Å². The zero-order valence-corrected chi connectivity index (χ0v) is 16.4. The van der Waals surface area contributed by atoms with Crippen LogP contribution in [0.4, 0.5) is 6.01 Å². The molecule has 0 saturated carbocycles. The van der Waals surface area contributed by atoms with Gasteiger partial charge in [0, 0.05) is 5.56 Å². The molecule has 0 aliphatic heterocycles. The molecule has 5 rings (SSSR count). The number of nitrogens with one attached hydrogen (secondary N) is 1. The predicted octanol–water partition coefficient (Wildman–Crippen LogP) is 5.98. The number of nitrogens with zero attached hydrogens (tertiary/aromatic N) is 2. The Morgan fingerprint density at radius 2 is 1.70 bits per heavy atom. The number of rotatable bonds is 5. The van der Waals surface area contributed by atoms with E-state index in [0.717, 1.165) is 16.7 Å². The number of benzene rings is 2. The lowest BCUT2D eigenvalue weighted by Gasteiger charge is -2.06. The van der Waals surface area contributed by atoms with Crippen molar-refractivity contribution in [2.75, 3.05) is 5.32 Å². The molecule has 5 aromatic rings. The highest BCUT2D eigenvalue weighted by Gasteiger charge is 2.14. The summed E-state index contributed by atoms with van der Waals surface area (Å²) in [4.78, 5) is 12.6. The van der Waals surface area contributed by atoms with E-state index in [0.29, 0.717) is 11.3 Å². The Bertz CT molecular complexity index is 1270.